The van der Waals surface area contributed by atoms with E-state index in [-0.39, 0.29) is 0 Å². The highest BCUT2D eigenvalue weighted by Gasteiger charge is 2.04. The maximum atomic E-state index is 8.93. The SMILES string of the molecule is N#Cc1ccc(Cn2cncc2CNc2cccc(C#Cc3ccccc3)n2)cc1. The van der Waals surface area contributed by atoms with E-state index in [2.05, 4.69) is 37.8 Å². The molecule has 0 aliphatic heterocycles. The van der Waals surface area contributed by atoms with E-state index in [1.54, 1.807) is 0 Å². The first-order valence-corrected chi connectivity index (χ1v) is 9.56. The normalized spacial score (nSPS) is 9.97. The molecule has 0 amide bonds. The number of nitrogens with zero attached hydrogens (tertiary/aromatic N) is 4. The monoisotopic (exact) mass is 389 g/mol. The largest absolute Gasteiger partial charge is 0.364 e. The zero-order valence-electron chi connectivity index (χ0n) is 16.3. The van der Waals surface area contributed by atoms with Gasteiger partial charge in [0.1, 0.15) is 11.5 Å². The molecule has 0 radical (unpaired) electrons. The van der Waals surface area contributed by atoms with Gasteiger partial charge in [0.2, 0.25) is 0 Å². The van der Waals surface area contributed by atoms with E-state index in [0.29, 0.717) is 18.7 Å². The first-order chi connectivity index (χ1) is 14.8. The Balaban J connectivity index is 1.41. The van der Waals surface area contributed by atoms with Gasteiger partial charge in [0.25, 0.3) is 0 Å². The molecule has 0 atom stereocenters. The smallest absolute Gasteiger partial charge is 0.127 e. The van der Waals surface area contributed by atoms with E-state index in [9.17, 15) is 0 Å². The number of rotatable bonds is 5. The van der Waals surface area contributed by atoms with Crippen LogP contribution < -0.4 is 5.32 Å². The molecule has 0 saturated carbocycles. The highest BCUT2D eigenvalue weighted by molar-refractivity contribution is 5.44. The fraction of sp³-hybridized carbons (Fsp3) is 0.0800. The van der Waals surface area contributed by atoms with Crippen molar-refractivity contribution in [1.29, 1.82) is 5.26 Å². The number of imidazole rings is 1. The number of aromatic nitrogens is 3. The predicted molar refractivity (Wildman–Crippen MR) is 116 cm³/mol. The molecular weight excluding hydrogens is 370 g/mol. The van der Waals surface area contributed by atoms with Crippen molar-refractivity contribution in [1.82, 2.24) is 14.5 Å². The van der Waals surface area contributed by atoms with Crippen LogP contribution in [0.4, 0.5) is 5.82 Å². The molecule has 4 aromatic rings. The lowest BCUT2D eigenvalue weighted by Gasteiger charge is -2.10. The van der Waals surface area contributed by atoms with Crippen LogP contribution >= 0.6 is 0 Å². The summed E-state index contributed by atoms with van der Waals surface area (Å²) in [5.41, 5.74) is 4.50. The number of pyridine rings is 1. The van der Waals surface area contributed by atoms with Gasteiger partial charge in [-0.1, -0.05) is 42.3 Å². The van der Waals surface area contributed by atoms with Crippen LogP contribution in [0.2, 0.25) is 0 Å². The second-order valence-electron chi connectivity index (χ2n) is 6.70. The van der Waals surface area contributed by atoms with Gasteiger partial charge >= 0.3 is 0 Å². The molecule has 0 spiro atoms. The highest BCUT2D eigenvalue weighted by Crippen LogP contribution is 2.11. The second-order valence-corrected chi connectivity index (χ2v) is 6.70. The lowest BCUT2D eigenvalue weighted by Crippen LogP contribution is -2.09. The lowest BCUT2D eigenvalue weighted by atomic mass is 10.1. The van der Waals surface area contributed by atoms with Crippen LogP contribution in [0.1, 0.15) is 28.1 Å². The molecule has 4 rings (SSSR count). The van der Waals surface area contributed by atoms with Crippen molar-refractivity contribution in [2.45, 2.75) is 13.1 Å². The topological polar surface area (TPSA) is 66.5 Å². The second kappa shape index (κ2) is 9.23. The Hall–Kier alpha value is -4.35. The summed E-state index contributed by atoms with van der Waals surface area (Å²) in [5.74, 6) is 7.00. The quantitative estimate of drug-likeness (QED) is 0.519. The number of nitriles is 1. The summed E-state index contributed by atoms with van der Waals surface area (Å²) in [4.78, 5) is 8.85. The molecule has 5 nitrogen and oxygen atoms in total. The summed E-state index contributed by atoms with van der Waals surface area (Å²) in [7, 11) is 0. The van der Waals surface area contributed by atoms with Crippen molar-refractivity contribution in [3.63, 3.8) is 0 Å². The molecule has 0 saturated heterocycles. The summed E-state index contributed by atoms with van der Waals surface area (Å²) in [6.45, 7) is 1.29. The summed E-state index contributed by atoms with van der Waals surface area (Å²) >= 11 is 0. The minimum absolute atomic E-state index is 0.596. The number of nitrogens with one attached hydrogen (secondary N) is 1. The van der Waals surface area contributed by atoms with Gasteiger partial charge in [-0.15, -0.1) is 0 Å². The summed E-state index contributed by atoms with van der Waals surface area (Å²) < 4.78 is 2.08. The van der Waals surface area contributed by atoms with Crippen LogP contribution in [-0.4, -0.2) is 14.5 Å². The van der Waals surface area contributed by atoms with Crippen LogP contribution in [0.5, 0.6) is 0 Å². The number of anilines is 1. The Labute approximate surface area is 175 Å². The Bertz CT molecular complexity index is 1220. The lowest BCUT2D eigenvalue weighted by molar-refractivity contribution is 0.748. The molecular formula is C25H19N5. The Kier molecular flexibility index (Phi) is 5.84. The summed E-state index contributed by atoms with van der Waals surface area (Å²) in [5, 5.41) is 12.3. The molecule has 2 aromatic carbocycles. The van der Waals surface area contributed by atoms with Crippen LogP contribution in [-0.2, 0) is 13.1 Å². The van der Waals surface area contributed by atoms with E-state index in [4.69, 9.17) is 5.26 Å². The third kappa shape index (κ3) is 4.92. The fourth-order valence-corrected chi connectivity index (χ4v) is 2.96. The van der Waals surface area contributed by atoms with Crippen molar-refractivity contribution >= 4 is 5.82 Å². The van der Waals surface area contributed by atoms with Gasteiger partial charge in [0.05, 0.1) is 30.2 Å². The van der Waals surface area contributed by atoms with Crippen molar-refractivity contribution in [2.24, 2.45) is 0 Å². The number of hydrogen-bond donors (Lipinski definition) is 1. The Morgan fingerprint density at radius 1 is 0.867 bits per heavy atom. The Morgan fingerprint density at radius 2 is 1.70 bits per heavy atom. The maximum absolute atomic E-state index is 8.93. The summed E-state index contributed by atoms with van der Waals surface area (Å²) in [6, 6.07) is 25.4. The zero-order chi connectivity index (χ0) is 20.6. The zero-order valence-corrected chi connectivity index (χ0v) is 16.3. The van der Waals surface area contributed by atoms with Crippen LogP contribution in [0.25, 0.3) is 0 Å². The van der Waals surface area contributed by atoms with Gasteiger partial charge in [-0.3, -0.25) is 0 Å². The van der Waals surface area contributed by atoms with Gasteiger partial charge in [0.15, 0.2) is 0 Å². The van der Waals surface area contributed by atoms with Crippen molar-refractivity contribution in [3.8, 4) is 17.9 Å². The fourth-order valence-electron chi connectivity index (χ4n) is 2.96. The van der Waals surface area contributed by atoms with Gasteiger partial charge in [-0.2, -0.15) is 5.26 Å². The summed E-state index contributed by atoms with van der Waals surface area (Å²) in [6.07, 6.45) is 3.65. The minimum Gasteiger partial charge on any atom is -0.364 e. The van der Waals surface area contributed by atoms with E-state index >= 15 is 0 Å². The molecule has 144 valence electrons. The van der Waals surface area contributed by atoms with Crippen molar-refractivity contribution in [2.75, 3.05) is 5.32 Å². The Morgan fingerprint density at radius 3 is 2.50 bits per heavy atom. The molecule has 0 unspecified atom stereocenters. The molecule has 2 aromatic heterocycles. The van der Waals surface area contributed by atoms with Crippen molar-refractivity contribution < 1.29 is 0 Å². The van der Waals surface area contributed by atoms with E-state index in [1.807, 2.05) is 85.3 Å². The average Bonchev–Trinajstić information content (AvgIpc) is 3.25. The third-order valence-corrected chi connectivity index (χ3v) is 4.54. The third-order valence-electron chi connectivity index (χ3n) is 4.54. The first kappa shape index (κ1) is 19.0. The number of benzene rings is 2. The molecule has 5 heteroatoms. The molecule has 0 aliphatic rings. The van der Waals surface area contributed by atoms with E-state index in [1.165, 1.54) is 0 Å². The average molecular weight is 389 g/mol. The predicted octanol–water partition coefficient (Wildman–Crippen LogP) is 4.21. The minimum atomic E-state index is 0.596. The van der Waals surface area contributed by atoms with Gasteiger partial charge < -0.3 is 9.88 Å². The van der Waals surface area contributed by atoms with Gasteiger partial charge in [0, 0.05) is 18.3 Å². The molecule has 0 bridgehead atoms. The van der Waals surface area contributed by atoms with Crippen molar-refractivity contribution in [3.05, 3.63) is 113 Å². The maximum Gasteiger partial charge on any atom is 0.127 e. The molecule has 0 fully saturated rings. The molecule has 30 heavy (non-hydrogen) atoms. The molecule has 2 heterocycles. The van der Waals surface area contributed by atoms with Gasteiger partial charge in [-0.25, -0.2) is 9.97 Å². The number of hydrogen-bond acceptors (Lipinski definition) is 4. The highest BCUT2D eigenvalue weighted by atomic mass is 15.1. The van der Waals surface area contributed by atoms with E-state index in [0.717, 1.165) is 28.3 Å². The van der Waals surface area contributed by atoms with Gasteiger partial charge in [-0.05, 0) is 47.9 Å². The van der Waals surface area contributed by atoms with Crippen LogP contribution in [0.3, 0.4) is 0 Å². The molecule has 0 aliphatic carbocycles. The first-order valence-electron chi connectivity index (χ1n) is 9.56. The van der Waals surface area contributed by atoms with Crippen LogP contribution in [0, 0.1) is 23.2 Å². The van der Waals surface area contributed by atoms with E-state index < -0.39 is 0 Å². The van der Waals surface area contributed by atoms with Crippen LogP contribution in [0.15, 0.2) is 85.3 Å². The molecule has 1 N–H and O–H groups in total. The standard InChI is InChI=1S/C25H19N5/c26-15-21-9-11-22(12-10-21)18-30-19-27-16-24(30)17-28-25-8-4-7-23(29-25)14-13-20-5-2-1-3-6-20/h1-12,16,19H,17-18H2,(H,28,29).